The van der Waals surface area contributed by atoms with E-state index in [1.165, 1.54) is 37.8 Å². The maximum Gasteiger partial charge on any atom is 0.0467 e. The van der Waals surface area contributed by atoms with E-state index in [0.29, 0.717) is 12.6 Å². The number of hydrogen-bond acceptors (Lipinski definition) is 2. The van der Waals surface area contributed by atoms with Crippen molar-refractivity contribution >= 4 is 0 Å². The van der Waals surface area contributed by atoms with Gasteiger partial charge in [0, 0.05) is 19.1 Å². The molecular formula is C17H26N2. The highest BCUT2D eigenvalue weighted by Gasteiger charge is 2.40. The number of nitrogens with zero attached hydrogens (tertiary/aromatic N) is 1. The molecule has 2 N–H and O–H groups in total. The van der Waals surface area contributed by atoms with Crippen molar-refractivity contribution in [1.29, 1.82) is 0 Å². The fourth-order valence-corrected chi connectivity index (χ4v) is 4.34. The SMILES string of the molecule is CN(CC1CC2CCC1C2)C(CN)c1ccccc1. The Morgan fingerprint density at radius 2 is 2.00 bits per heavy atom. The zero-order valence-corrected chi connectivity index (χ0v) is 12.0. The molecule has 0 radical (unpaired) electrons. The first-order chi connectivity index (χ1) is 9.28. The number of likely N-dealkylation sites (N-methyl/N-ethyl adjacent to an activating group) is 1. The molecular weight excluding hydrogens is 232 g/mol. The van der Waals surface area contributed by atoms with Crippen molar-refractivity contribution in [3.05, 3.63) is 35.9 Å². The normalized spacial score (nSPS) is 31.0. The number of fused-ring (bicyclic) bond motifs is 2. The first kappa shape index (κ1) is 13.1. The van der Waals surface area contributed by atoms with Crippen LogP contribution in [0.2, 0.25) is 0 Å². The van der Waals surface area contributed by atoms with Gasteiger partial charge in [0.05, 0.1) is 0 Å². The van der Waals surface area contributed by atoms with Crippen LogP contribution in [0.4, 0.5) is 0 Å². The third kappa shape index (κ3) is 2.70. The van der Waals surface area contributed by atoms with E-state index >= 15 is 0 Å². The summed E-state index contributed by atoms with van der Waals surface area (Å²) in [6, 6.07) is 11.1. The lowest BCUT2D eigenvalue weighted by Crippen LogP contribution is -2.35. The van der Waals surface area contributed by atoms with Gasteiger partial charge in [-0.2, -0.15) is 0 Å². The van der Waals surface area contributed by atoms with Gasteiger partial charge in [-0.25, -0.2) is 0 Å². The molecule has 4 atom stereocenters. The minimum Gasteiger partial charge on any atom is -0.329 e. The molecule has 2 saturated carbocycles. The van der Waals surface area contributed by atoms with Crippen LogP contribution in [0.1, 0.15) is 37.3 Å². The third-order valence-corrected chi connectivity index (χ3v) is 5.35. The number of hydrogen-bond donors (Lipinski definition) is 1. The van der Waals surface area contributed by atoms with Crippen LogP contribution in [-0.4, -0.2) is 25.0 Å². The average Bonchev–Trinajstić information content (AvgIpc) is 3.03. The zero-order valence-electron chi connectivity index (χ0n) is 12.0. The molecule has 4 unspecified atom stereocenters. The summed E-state index contributed by atoms with van der Waals surface area (Å²) in [7, 11) is 2.25. The van der Waals surface area contributed by atoms with Crippen molar-refractivity contribution < 1.29 is 0 Å². The van der Waals surface area contributed by atoms with Gasteiger partial charge in [-0.3, -0.25) is 4.90 Å². The van der Waals surface area contributed by atoms with Gasteiger partial charge in [0.15, 0.2) is 0 Å². The predicted octanol–water partition coefficient (Wildman–Crippen LogP) is 3.05. The largest absolute Gasteiger partial charge is 0.329 e. The second kappa shape index (κ2) is 5.64. The summed E-state index contributed by atoms with van der Waals surface area (Å²) in [5, 5.41) is 0. The van der Waals surface area contributed by atoms with Crippen molar-refractivity contribution in [3.8, 4) is 0 Å². The topological polar surface area (TPSA) is 29.3 Å². The van der Waals surface area contributed by atoms with Crippen LogP contribution in [0.5, 0.6) is 0 Å². The molecule has 2 fully saturated rings. The van der Waals surface area contributed by atoms with E-state index in [1.54, 1.807) is 0 Å². The molecule has 0 saturated heterocycles. The lowest BCUT2D eigenvalue weighted by atomic mass is 9.88. The molecule has 19 heavy (non-hydrogen) atoms. The molecule has 0 heterocycles. The smallest absolute Gasteiger partial charge is 0.0467 e. The minimum atomic E-state index is 0.375. The second-order valence-electron chi connectivity index (χ2n) is 6.54. The molecule has 2 aliphatic rings. The van der Waals surface area contributed by atoms with Gasteiger partial charge >= 0.3 is 0 Å². The first-order valence-electron chi connectivity index (χ1n) is 7.73. The summed E-state index contributed by atoms with van der Waals surface area (Å²) in [4.78, 5) is 2.49. The second-order valence-corrected chi connectivity index (χ2v) is 6.54. The lowest BCUT2D eigenvalue weighted by molar-refractivity contribution is 0.176. The van der Waals surface area contributed by atoms with E-state index in [0.717, 1.165) is 17.8 Å². The lowest BCUT2D eigenvalue weighted by Gasteiger charge is -2.32. The Labute approximate surface area is 117 Å². The van der Waals surface area contributed by atoms with E-state index in [2.05, 4.69) is 42.3 Å². The maximum atomic E-state index is 6.01. The van der Waals surface area contributed by atoms with Gasteiger partial charge in [-0.05, 0) is 49.6 Å². The standard InChI is InChI=1S/C17H26N2/c1-19(12-16-10-13-7-8-15(16)9-13)17(11-18)14-5-3-2-4-6-14/h2-6,13,15-17H,7-12,18H2,1H3. The van der Waals surface area contributed by atoms with Gasteiger partial charge < -0.3 is 5.73 Å². The quantitative estimate of drug-likeness (QED) is 0.879. The minimum absolute atomic E-state index is 0.375. The van der Waals surface area contributed by atoms with E-state index in [-0.39, 0.29) is 0 Å². The molecule has 2 nitrogen and oxygen atoms in total. The summed E-state index contributed by atoms with van der Waals surface area (Å²) in [6.45, 7) is 1.93. The molecule has 0 aromatic heterocycles. The van der Waals surface area contributed by atoms with Crippen LogP contribution in [0.15, 0.2) is 30.3 Å². The summed E-state index contributed by atoms with van der Waals surface area (Å²) in [5.74, 6) is 2.96. The molecule has 0 spiro atoms. The highest BCUT2D eigenvalue weighted by Crippen LogP contribution is 2.48. The number of nitrogens with two attached hydrogens (primary N) is 1. The summed E-state index contributed by atoms with van der Waals surface area (Å²) < 4.78 is 0. The van der Waals surface area contributed by atoms with E-state index in [1.807, 2.05) is 0 Å². The summed E-state index contributed by atoms with van der Waals surface area (Å²) in [6.07, 6.45) is 5.92. The van der Waals surface area contributed by atoms with Gasteiger partial charge in [0.2, 0.25) is 0 Å². The Morgan fingerprint density at radius 3 is 2.58 bits per heavy atom. The van der Waals surface area contributed by atoms with Crippen LogP contribution in [0, 0.1) is 17.8 Å². The molecule has 1 aromatic carbocycles. The molecule has 3 rings (SSSR count). The predicted molar refractivity (Wildman–Crippen MR) is 79.8 cm³/mol. The van der Waals surface area contributed by atoms with Crippen LogP contribution < -0.4 is 5.73 Å². The van der Waals surface area contributed by atoms with Crippen molar-refractivity contribution in [2.24, 2.45) is 23.5 Å². The van der Waals surface area contributed by atoms with Crippen LogP contribution in [0.3, 0.4) is 0 Å². The van der Waals surface area contributed by atoms with Crippen LogP contribution in [0.25, 0.3) is 0 Å². The highest BCUT2D eigenvalue weighted by molar-refractivity contribution is 5.19. The Balaban J connectivity index is 1.64. The Hall–Kier alpha value is -0.860. The number of benzene rings is 1. The van der Waals surface area contributed by atoms with Gasteiger partial charge in [0.25, 0.3) is 0 Å². The van der Waals surface area contributed by atoms with E-state index < -0.39 is 0 Å². The van der Waals surface area contributed by atoms with Crippen LogP contribution in [-0.2, 0) is 0 Å². The Bertz CT molecular complexity index is 403. The van der Waals surface area contributed by atoms with Crippen LogP contribution >= 0.6 is 0 Å². The summed E-state index contributed by atoms with van der Waals surface area (Å²) >= 11 is 0. The third-order valence-electron chi connectivity index (χ3n) is 5.35. The van der Waals surface area contributed by atoms with Gasteiger partial charge in [-0.1, -0.05) is 36.8 Å². The van der Waals surface area contributed by atoms with Crippen molar-refractivity contribution in [1.82, 2.24) is 4.90 Å². The highest BCUT2D eigenvalue weighted by atomic mass is 15.1. The van der Waals surface area contributed by atoms with Gasteiger partial charge in [0.1, 0.15) is 0 Å². The molecule has 2 aliphatic carbocycles. The molecule has 1 aromatic rings. The zero-order chi connectivity index (χ0) is 13.2. The van der Waals surface area contributed by atoms with E-state index in [4.69, 9.17) is 5.73 Å². The van der Waals surface area contributed by atoms with Crippen molar-refractivity contribution in [3.63, 3.8) is 0 Å². The monoisotopic (exact) mass is 258 g/mol. The Kier molecular flexibility index (Phi) is 3.90. The van der Waals surface area contributed by atoms with Gasteiger partial charge in [-0.15, -0.1) is 0 Å². The van der Waals surface area contributed by atoms with E-state index in [9.17, 15) is 0 Å². The Morgan fingerprint density at radius 1 is 1.21 bits per heavy atom. The first-order valence-corrected chi connectivity index (χ1v) is 7.73. The number of rotatable bonds is 5. The van der Waals surface area contributed by atoms with Crippen molar-refractivity contribution in [2.75, 3.05) is 20.1 Å². The average molecular weight is 258 g/mol. The fraction of sp³-hybridized carbons (Fsp3) is 0.647. The summed E-state index contributed by atoms with van der Waals surface area (Å²) in [5.41, 5.74) is 7.37. The molecule has 104 valence electrons. The fourth-order valence-electron chi connectivity index (χ4n) is 4.34. The molecule has 2 heteroatoms. The van der Waals surface area contributed by atoms with Crippen molar-refractivity contribution in [2.45, 2.75) is 31.7 Å². The molecule has 2 bridgehead atoms. The molecule has 0 aliphatic heterocycles. The maximum absolute atomic E-state index is 6.01. The molecule has 0 amide bonds.